The average molecular weight is 351 g/mol. The van der Waals surface area contributed by atoms with Gasteiger partial charge in [-0.05, 0) is 37.6 Å². The monoisotopic (exact) mass is 351 g/mol. The highest BCUT2D eigenvalue weighted by molar-refractivity contribution is 5.75. The number of carbonyl (C=O) groups is 1. The number of nitrogens with one attached hydrogen (secondary N) is 1. The van der Waals surface area contributed by atoms with Gasteiger partial charge in [0.2, 0.25) is 0 Å². The van der Waals surface area contributed by atoms with Crippen LogP contribution in [0.25, 0.3) is 5.69 Å². The van der Waals surface area contributed by atoms with E-state index in [2.05, 4.69) is 21.1 Å². The van der Waals surface area contributed by atoms with Gasteiger partial charge in [-0.2, -0.15) is 5.10 Å². The predicted molar refractivity (Wildman–Crippen MR) is 96.1 cm³/mol. The van der Waals surface area contributed by atoms with Crippen molar-refractivity contribution in [3.05, 3.63) is 65.0 Å². The van der Waals surface area contributed by atoms with Gasteiger partial charge in [0.25, 0.3) is 0 Å². The summed E-state index contributed by atoms with van der Waals surface area (Å²) in [6, 6.07) is 9.41. The maximum absolute atomic E-state index is 11.8. The number of aromatic amines is 1. The molecular weight excluding hydrogens is 330 g/mol. The van der Waals surface area contributed by atoms with Crippen LogP contribution in [0.4, 0.5) is 0 Å². The Bertz CT molecular complexity index is 959. The second-order valence-electron chi connectivity index (χ2n) is 6.74. The van der Waals surface area contributed by atoms with Gasteiger partial charge in [-0.1, -0.05) is 12.1 Å². The van der Waals surface area contributed by atoms with Gasteiger partial charge in [0.05, 0.1) is 23.4 Å². The highest BCUT2D eigenvalue weighted by atomic mass is 16.4. The molecule has 0 fully saturated rings. The minimum absolute atomic E-state index is 0.552. The molecular formula is C19H21N5O2. The van der Waals surface area contributed by atoms with Crippen molar-refractivity contribution < 1.29 is 9.90 Å². The summed E-state index contributed by atoms with van der Waals surface area (Å²) >= 11 is 0. The molecule has 2 N–H and O–H groups in total. The van der Waals surface area contributed by atoms with Crippen LogP contribution in [0.2, 0.25) is 0 Å². The molecule has 0 aliphatic carbocycles. The maximum atomic E-state index is 11.8. The van der Waals surface area contributed by atoms with Crippen LogP contribution < -0.4 is 0 Å². The number of benzene rings is 1. The van der Waals surface area contributed by atoms with Gasteiger partial charge in [-0.15, -0.1) is 0 Å². The first-order valence-corrected chi connectivity index (χ1v) is 8.64. The van der Waals surface area contributed by atoms with Crippen molar-refractivity contribution in [3.8, 4) is 5.69 Å². The lowest BCUT2D eigenvalue weighted by molar-refractivity contribution is -0.144. The maximum Gasteiger partial charge on any atom is 0.327 e. The molecule has 7 heteroatoms. The lowest BCUT2D eigenvalue weighted by atomic mass is 10.0. The Morgan fingerprint density at radius 3 is 2.92 bits per heavy atom. The summed E-state index contributed by atoms with van der Waals surface area (Å²) in [5.74, 6) is -0.868. The summed E-state index contributed by atoms with van der Waals surface area (Å²) in [6.45, 7) is 5.23. The lowest BCUT2D eigenvalue weighted by Crippen LogP contribution is -2.39. The molecule has 0 radical (unpaired) electrons. The fourth-order valence-corrected chi connectivity index (χ4v) is 3.68. The zero-order chi connectivity index (χ0) is 18.3. The van der Waals surface area contributed by atoms with Crippen LogP contribution in [0.15, 0.2) is 36.7 Å². The molecule has 0 saturated carbocycles. The molecule has 0 bridgehead atoms. The summed E-state index contributed by atoms with van der Waals surface area (Å²) in [7, 11) is 0. The molecule has 26 heavy (non-hydrogen) atoms. The second kappa shape index (κ2) is 6.42. The molecule has 0 saturated heterocycles. The summed E-state index contributed by atoms with van der Waals surface area (Å²) < 4.78 is 1.91. The number of aliphatic carboxylic acids is 1. The zero-order valence-corrected chi connectivity index (χ0v) is 14.8. The molecule has 134 valence electrons. The lowest BCUT2D eigenvalue weighted by Gasteiger charge is -2.32. The second-order valence-corrected chi connectivity index (χ2v) is 6.74. The van der Waals surface area contributed by atoms with Crippen LogP contribution in [-0.4, -0.2) is 42.3 Å². The van der Waals surface area contributed by atoms with E-state index < -0.39 is 12.0 Å². The molecule has 3 heterocycles. The van der Waals surface area contributed by atoms with Gasteiger partial charge in [0.15, 0.2) is 6.04 Å². The summed E-state index contributed by atoms with van der Waals surface area (Å²) in [5.41, 5.74) is 5.63. The molecule has 0 spiro atoms. The largest absolute Gasteiger partial charge is 0.480 e. The number of imidazole rings is 1. The Balaban J connectivity index is 1.62. The van der Waals surface area contributed by atoms with Gasteiger partial charge in [-0.25, -0.2) is 9.67 Å². The number of fused-ring (bicyclic) bond motifs is 1. The Hall–Kier alpha value is -2.93. The van der Waals surface area contributed by atoms with E-state index in [4.69, 9.17) is 0 Å². The van der Waals surface area contributed by atoms with Crippen molar-refractivity contribution in [1.82, 2.24) is 24.6 Å². The Kier molecular flexibility index (Phi) is 4.08. The number of H-pyrrole nitrogens is 1. The van der Waals surface area contributed by atoms with E-state index in [1.165, 1.54) is 0 Å². The predicted octanol–water partition coefficient (Wildman–Crippen LogP) is 2.40. The minimum atomic E-state index is -0.868. The number of carboxylic acid groups (broad SMARTS) is 1. The van der Waals surface area contributed by atoms with E-state index in [1.54, 1.807) is 6.33 Å². The fourth-order valence-electron chi connectivity index (χ4n) is 3.68. The van der Waals surface area contributed by atoms with E-state index in [1.807, 2.05) is 47.7 Å². The van der Waals surface area contributed by atoms with Crippen LogP contribution in [0.5, 0.6) is 0 Å². The number of nitrogens with zero attached hydrogens (tertiary/aromatic N) is 4. The SMILES string of the molecule is Cc1cc(C)n(-c2cccc(CN3CCc4[nH]cnc4[C@H]3C(=O)O)c2)n1. The molecule has 2 aromatic heterocycles. The number of hydrogen-bond donors (Lipinski definition) is 2. The average Bonchev–Trinajstić information content (AvgIpc) is 3.20. The van der Waals surface area contributed by atoms with Crippen molar-refractivity contribution in [2.45, 2.75) is 32.9 Å². The van der Waals surface area contributed by atoms with Gasteiger partial charge >= 0.3 is 5.97 Å². The van der Waals surface area contributed by atoms with E-state index in [-0.39, 0.29) is 0 Å². The molecule has 1 aliphatic rings. The zero-order valence-electron chi connectivity index (χ0n) is 14.8. The molecule has 3 aromatic rings. The fraction of sp³-hybridized carbons (Fsp3) is 0.316. The standard InChI is InChI=1S/C19H21N5O2/c1-12-8-13(2)24(22-12)15-5-3-4-14(9-15)10-23-7-6-16-17(21-11-20-16)18(23)19(25)26/h3-5,8-9,11,18H,6-7,10H2,1-2H3,(H,20,21)(H,25,26)/t18-/m0/s1. The Morgan fingerprint density at radius 1 is 1.35 bits per heavy atom. The molecule has 1 aromatic carbocycles. The number of aromatic nitrogens is 4. The Morgan fingerprint density at radius 2 is 2.19 bits per heavy atom. The summed E-state index contributed by atoms with van der Waals surface area (Å²) in [4.78, 5) is 21.1. The number of carboxylic acids is 1. The number of rotatable bonds is 4. The number of aryl methyl sites for hydroxylation is 2. The van der Waals surface area contributed by atoms with E-state index in [0.29, 0.717) is 18.8 Å². The van der Waals surface area contributed by atoms with Gasteiger partial charge in [0, 0.05) is 30.9 Å². The quantitative estimate of drug-likeness (QED) is 0.754. The topological polar surface area (TPSA) is 87.0 Å². The third-order valence-electron chi connectivity index (χ3n) is 4.81. The van der Waals surface area contributed by atoms with Crippen LogP contribution >= 0.6 is 0 Å². The van der Waals surface area contributed by atoms with E-state index >= 15 is 0 Å². The smallest absolute Gasteiger partial charge is 0.327 e. The Labute approximate surface area is 151 Å². The first kappa shape index (κ1) is 16.5. The molecule has 0 amide bonds. The van der Waals surface area contributed by atoms with Crippen LogP contribution in [-0.2, 0) is 17.8 Å². The highest BCUT2D eigenvalue weighted by Crippen LogP contribution is 2.29. The first-order valence-electron chi connectivity index (χ1n) is 8.64. The normalized spacial score (nSPS) is 17.2. The first-order chi connectivity index (χ1) is 12.5. The van der Waals surface area contributed by atoms with Gasteiger partial charge in [-0.3, -0.25) is 9.69 Å². The third-order valence-corrected chi connectivity index (χ3v) is 4.81. The van der Waals surface area contributed by atoms with Crippen molar-refractivity contribution >= 4 is 5.97 Å². The highest BCUT2D eigenvalue weighted by Gasteiger charge is 2.35. The van der Waals surface area contributed by atoms with E-state index in [0.717, 1.165) is 34.8 Å². The van der Waals surface area contributed by atoms with Gasteiger partial charge in [0.1, 0.15) is 0 Å². The van der Waals surface area contributed by atoms with Crippen molar-refractivity contribution in [1.29, 1.82) is 0 Å². The molecule has 1 aliphatic heterocycles. The van der Waals surface area contributed by atoms with Crippen LogP contribution in [0, 0.1) is 13.8 Å². The third kappa shape index (κ3) is 2.90. The molecule has 4 rings (SSSR count). The minimum Gasteiger partial charge on any atom is -0.480 e. The molecule has 0 unspecified atom stereocenters. The number of hydrogen-bond acceptors (Lipinski definition) is 4. The van der Waals surface area contributed by atoms with Crippen molar-refractivity contribution in [2.24, 2.45) is 0 Å². The molecule has 1 atom stereocenters. The summed E-state index contributed by atoms with van der Waals surface area (Å²) in [5, 5.41) is 14.2. The van der Waals surface area contributed by atoms with E-state index in [9.17, 15) is 9.90 Å². The van der Waals surface area contributed by atoms with Crippen molar-refractivity contribution in [2.75, 3.05) is 6.54 Å². The molecule has 7 nitrogen and oxygen atoms in total. The van der Waals surface area contributed by atoms with Crippen LogP contribution in [0.3, 0.4) is 0 Å². The summed E-state index contributed by atoms with van der Waals surface area (Å²) in [6.07, 6.45) is 2.35. The van der Waals surface area contributed by atoms with Gasteiger partial charge < -0.3 is 10.1 Å². The van der Waals surface area contributed by atoms with Crippen LogP contribution in [0.1, 0.15) is 34.4 Å². The van der Waals surface area contributed by atoms with Crippen molar-refractivity contribution in [3.63, 3.8) is 0 Å².